The highest BCUT2D eigenvalue weighted by Crippen LogP contribution is 2.14. The van der Waals surface area contributed by atoms with Crippen LogP contribution in [0.2, 0.25) is 0 Å². The van der Waals surface area contributed by atoms with E-state index >= 15 is 0 Å². The molecule has 1 heterocycles. The molecule has 0 spiro atoms. The molecular weight excluding hydrogens is 280 g/mol. The van der Waals surface area contributed by atoms with Crippen LogP contribution in [0.3, 0.4) is 0 Å². The van der Waals surface area contributed by atoms with Crippen molar-refractivity contribution in [3.05, 3.63) is 41.3 Å². The molecule has 1 aromatic carbocycles. The first-order valence-electron chi connectivity index (χ1n) is 5.73. The number of carbonyl (C=O) groups is 2. The number of nitrogens with two attached hydrogens (primary N) is 1. The van der Waals surface area contributed by atoms with E-state index in [4.69, 9.17) is 10.5 Å². The van der Waals surface area contributed by atoms with Gasteiger partial charge in [0.2, 0.25) is 0 Å². The average Bonchev–Trinajstić information content (AvgIpc) is 3.00. The van der Waals surface area contributed by atoms with Crippen LogP contribution in [0.25, 0.3) is 0 Å². The van der Waals surface area contributed by atoms with Gasteiger partial charge in [0.1, 0.15) is 6.61 Å². The highest BCUT2D eigenvalue weighted by Gasteiger charge is 2.26. The molecule has 8 heteroatoms. The van der Waals surface area contributed by atoms with Crippen LogP contribution in [0, 0.1) is 0 Å². The van der Waals surface area contributed by atoms with E-state index in [-0.39, 0.29) is 19.0 Å². The van der Waals surface area contributed by atoms with Gasteiger partial charge < -0.3 is 10.5 Å². The first-order valence-corrected chi connectivity index (χ1v) is 6.57. The predicted molar refractivity (Wildman–Crippen MR) is 73.1 cm³/mol. The minimum absolute atomic E-state index is 0.0611. The summed E-state index contributed by atoms with van der Waals surface area (Å²) in [6.07, 6.45) is -0.822. The number of nitrogens with zero attached hydrogens (tertiary/aromatic N) is 3. The molecule has 0 radical (unpaired) electrons. The molecule has 0 saturated carbocycles. The van der Waals surface area contributed by atoms with Gasteiger partial charge in [0, 0.05) is 0 Å². The molecule has 0 unspecified atom stereocenters. The lowest BCUT2D eigenvalue weighted by Crippen LogP contribution is -2.41. The lowest BCUT2D eigenvalue weighted by Gasteiger charge is -2.16. The fourth-order valence-corrected chi connectivity index (χ4v) is 1.88. The van der Waals surface area contributed by atoms with Gasteiger partial charge in [-0.3, -0.25) is 4.79 Å². The largest absolute Gasteiger partial charge is 0.444 e. The molecule has 2 aromatic rings. The molecule has 2 N–H and O–H groups in total. The molecular formula is C12H12N4O3S. The Labute approximate surface area is 119 Å². The minimum atomic E-state index is -0.822. The second-order valence-corrected chi connectivity index (χ2v) is 4.35. The molecule has 7 nitrogen and oxygen atoms in total. The number of rotatable bonds is 4. The molecule has 2 rings (SSSR count). The third-order valence-electron chi connectivity index (χ3n) is 2.39. The summed E-state index contributed by atoms with van der Waals surface area (Å²) < 4.78 is 8.69. The number of benzene rings is 1. The molecule has 2 amide bonds. The number of ether oxygens (including phenoxy) is 1. The third kappa shape index (κ3) is 3.37. The first kappa shape index (κ1) is 14.1. The molecule has 20 heavy (non-hydrogen) atoms. The van der Waals surface area contributed by atoms with Gasteiger partial charge in [-0.1, -0.05) is 34.8 Å². The number of hydrogen-bond donors (Lipinski definition) is 1. The standard InChI is InChI=1S/C12H12N4O3S/c13-6-11(17)16(10-8-20-15-14-10)12(18)19-7-9-4-2-1-3-5-9/h1-5,8H,6-7,13H2. The van der Waals surface area contributed by atoms with Gasteiger partial charge in [-0.05, 0) is 17.1 Å². The maximum Gasteiger partial charge on any atom is 0.422 e. The summed E-state index contributed by atoms with van der Waals surface area (Å²) in [5.41, 5.74) is 6.10. The zero-order chi connectivity index (χ0) is 14.4. The van der Waals surface area contributed by atoms with E-state index in [0.717, 1.165) is 22.0 Å². The Balaban J connectivity index is 2.06. The van der Waals surface area contributed by atoms with Gasteiger partial charge in [-0.25, -0.2) is 4.79 Å². The lowest BCUT2D eigenvalue weighted by molar-refractivity contribution is -0.116. The average molecular weight is 292 g/mol. The maximum absolute atomic E-state index is 12.0. The van der Waals surface area contributed by atoms with Crippen LogP contribution in [0.1, 0.15) is 5.56 Å². The van der Waals surface area contributed by atoms with Crippen molar-refractivity contribution in [2.45, 2.75) is 6.61 Å². The molecule has 0 bridgehead atoms. The predicted octanol–water partition coefficient (Wildman–Crippen LogP) is 1.17. The SMILES string of the molecule is NCC(=O)N(C(=O)OCc1ccccc1)c1csnn1. The summed E-state index contributed by atoms with van der Waals surface area (Å²) in [4.78, 5) is 24.5. The summed E-state index contributed by atoms with van der Waals surface area (Å²) in [7, 11) is 0. The van der Waals surface area contributed by atoms with Gasteiger partial charge >= 0.3 is 6.09 Å². The van der Waals surface area contributed by atoms with Gasteiger partial charge in [0.05, 0.1) is 11.9 Å². The van der Waals surface area contributed by atoms with Crippen LogP contribution in [0.15, 0.2) is 35.7 Å². The highest BCUT2D eigenvalue weighted by molar-refractivity contribution is 7.03. The normalized spacial score (nSPS) is 10.1. The van der Waals surface area contributed by atoms with Crippen LogP contribution in [-0.4, -0.2) is 28.1 Å². The second kappa shape index (κ2) is 6.73. The molecule has 0 aliphatic carbocycles. The van der Waals surface area contributed by atoms with Crippen LogP contribution >= 0.6 is 11.5 Å². The Bertz CT molecular complexity index is 574. The molecule has 104 valence electrons. The van der Waals surface area contributed by atoms with Crippen LogP contribution < -0.4 is 10.6 Å². The molecule has 0 aliphatic heterocycles. The number of anilines is 1. The quantitative estimate of drug-likeness (QED) is 0.908. The topological polar surface area (TPSA) is 98.4 Å². The molecule has 0 atom stereocenters. The fraction of sp³-hybridized carbons (Fsp3) is 0.167. The Morgan fingerprint density at radius 2 is 2.05 bits per heavy atom. The Morgan fingerprint density at radius 1 is 1.30 bits per heavy atom. The summed E-state index contributed by atoms with van der Waals surface area (Å²) in [6, 6.07) is 9.14. The van der Waals surface area contributed by atoms with Crippen molar-refractivity contribution in [2.24, 2.45) is 5.73 Å². The van der Waals surface area contributed by atoms with Gasteiger partial charge in [0.25, 0.3) is 5.91 Å². The molecule has 0 saturated heterocycles. The van der Waals surface area contributed by atoms with Gasteiger partial charge in [-0.2, -0.15) is 4.90 Å². The van der Waals surface area contributed by atoms with Crippen molar-refractivity contribution in [2.75, 3.05) is 11.4 Å². The van der Waals surface area contributed by atoms with Crippen molar-refractivity contribution in [1.82, 2.24) is 9.59 Å². The van der Waals surface area contributed by atoms with E-state index in [1.165, 1.54) is 5.38 Å². The van der Waals surface area contributed by atoms with E-state index in [9.17, 15) is 9.59 Å². The van der Waals surface area contributed by atoms with E-state index < -0.39 is 12.0 Å². The number of carbonyl (C=O) groups excluding carboxylic acids is 2. The number of imide groups is 1. The van der Waals surface area contributed by atoms with Crippen molar-refractivity contribution >= 4 is 29.4 Å². The monoisotopic (exact) mass is 292 g/mol. The number of hydrogen-bond acceptors (Lipinski definition) is 7. The Kier molecular flexibility index (Phi) is 4.75. The van der Waals surface area contributed by atoms with Crippen molar-refractivity contribution in [3.63, 3.8) is 0 Å². The Morgan fingerprint density at radius 3 is 2.65 bits per heavy atom. The van der Waals surface area contributed by atoms with E-state index in [2.05, 4.69) is 9.59 Å². The summed E-state index contributed by atoms with van der Waals surface area (Å²) in [5, 5.41) is 5.15. The fourth-order valence-electron chi connectivity index (χ4n) is 1.46. The molecule has 1 aromatic heterocycles. The summed E-state index contributed by atoms with van der Waals surface area (Å²) in [6.45, 7) is -0.260. The van der Waals surface area contributed by atoms with Crippen molar-refractivity contribution in [3.8, 4) is 0 Å². The van der Waals surface area contributed by atoms with Crippen molar-refractivity contribution in [1.29, 1.82) is 0 Å². The van der Waals surface area contributed by atoms with Crippen LogP contribution in [-0.2, 0) is 16.1 Å². The molecule has 0 aliphatic rings. The van der Waals surface area contributed by atoms with Crippen LogP contribution in [0.5, 0.6) is 0 Å². The lowest BCUT2D eigenvalue weighted by atomic mass is 10.2. The van der Waals surface area contributed by atoms with Crippen LogP contribution in [0.4, 0.5) is 10.6 Å². The molecule has 0 fully saturated rings. The number of amides is 2. The minimum Gasteiger partial charge on any atom is -0.444 e. The Hall–Kier alpha value is -2.32. The van der Waals surface area contributed by atoms with E-state index in [1.54, 1.807) is 0 Å². The highest BCUT2D eigenvalue weighted by atomic mass is 32.1. The van der Waals surface area contributed by atoms with E-state index in [1.807, 2.05) is 30.3 Å². The second-order valence-electron chi connectivity index (χ2n) is 3.74. The smallest absolute Gasteiger partial charge is 0.422 e. The van der Waals surface area contributed by atoms with E-state index in [0.29, 0.717) is 0 Å². The van der Waals surface area contributed by atoms with Crippen molar-refractivity contribution < 1.29 is 14.3 Å². The summed E-state index contributed by atoms with van der Waals surface area (Å²) in [5.74, 6) is -0.487. The summed E-state index contributed by atoms with van der Waals surface area (Å²) >= 11 is 1.02. The first-order chi connectivity index (χ1) is 9.72. The number of aromatic nitrogens is 2. The zero-order valence-electron chi connectivity index (χ0n) is 10.4. The third-order valence-corrected chi connectivity index (χ3v) is 2.88. The maximum atomic E-state index is 12.0. The van der Waals surface area contributed by atoms with Gasteiger partial charge in [0.15, 0.2) is 5.82 Å². The zero-order valence-corrected chi connectivity index (χ0v) is 11.2. The van der Waals surface area contributed by atoms with Gasteiger partial charge in [-0.15, -0.1) is 5.10 Å².